The number of benzene rings is 4. The molecule has 0 radical (unpaired) electrons. The molecule has 1 aliphatic heterocycles. The normalized spacial score (nSPS) is 17.5. The standard InChI is InChI=1S/C34H33Br2N3O5/c1-42-30-6-3-2-5-26(30)22-37-39-33(41)34(21-23-7-13-27(35)14-8-23)31(24-9-15-28(36)16-10-24)44-32(38-34)25-11-17-29(18-12-25)43-20-4-19-40/h2-3,5-18,31,37,40H,4,19-22H2,1H3,(H,39,41)/t31-,34-/m0/s1. The number of carbonyl (C=O) groups excluding carboxylic acids is 1. The van der Waals surface area contributed by atoms with Gasteiger partial charge in [0.15, 0.2) is 11.6 Å². The van der Waals surface area contributed by atoms with E-state index in [1.165, 1.54) is 0 Å². The first-order valence-electron chi connectivity index (χ1n) is 14.2. The Morgan fingerprint density at radius 3 is 2.32 bits per heavy atom. The van der Waals surface area contributed by atoms with Crippen LogP contribution in [0.3, 0.4) is 0 Å². The minimum absolute atomic E-state index is 0.0659. The Balaban J connectivity index is 1.51. The number of aliphatic hydroxyl groups is 1. The summed E-state index contributed by atoms with van der Waals surface area (Å²) in [6.07, 6.45) is 0.114. The fraction of sp³-hybridized carbons (Fsp3) is 0.235. The summed E-state index contributed by atoms with van der Waals surface area (Å²) in [6.45, 7) is 0.829. The molecule has 10 heteroatoms. The number of para-hydroxylation sites is 1. The van der Waals surface area contributed by atoms with Crippen molar-refractivity contribution in [3.8, 4) is 11.5 Å². The van der Waals surface area contributed by atoms with E-state index in [0.29, 0.717) is 36.8 Å². The summed E-state index contributed by atoms with van der Waals surface area (Å²) in [5.41, 5.74) is 8.02. The maximum atomic E-state index is 14.4. The van der Waals surface area contributed by atoms with Crippen LogP contribution in [0.2, 0.25) is 0 Å². The van der Waals surface area contributed by atoms with Crippen molar-refractivity contribution in [3.05, 3.63) is 128 Å². The molecule has 4 aromatic carbocycles. The van der Waals surface area contributed by atoms with Gasteiger partial charge >= 0.3 is 0 Å². The van der Waals surface area contributed by atoms with Crippen molar-refractivity contribution in [2.45, 2.75) is 31.0 Å². The van der Waals surface area contributed by atoms with Gasteiger partial charge in [0.2, 0.25) is 5.90 Å². The average Bonchev–Trinajstić information content (AvgIpc) is 3.43. The number of aliphatic hydroxyl groups excluding tert-OH is 1. The van der Waals surface area contributed by atoms with Crippen LogP contribution < -0.4 is 20.3 Å². The van der Waals surface area contributed by atoms with Gasteiger partial charge in [-0.05, 0) is 65.7 Å². The molecular weight excluding hydrogens is 690 g/mol. The van der Waals surface area contributed by atoms with Crippen molar-refractivity contribution < 1.29 is 24.1 Å². The summed E-state index contributed by atoms with van der Waals surface area (Å²) in [5, 5.41) is 9.05. The zero-order valence-corrected chi connectivity index (χ0v) is 27.3. The van der Waals surface area contributed by atoms with Crippen LogP contribution in [0.15, 0.2) is 111 Å². The van der Waals surface area contributed by atoms with Gasteiger partial charge in [-0.1, -0.05) is 74.3 Å². The molecule has 0 saturated carbocycles. The first-order valence-corrected chi connectivity index (χ1v) is 15.8. The molecule has 2 atom stereocenters. The molecule has 1 aliphatic rings. The maximum Gasteiger partial charge on any atom is 0.266 e. The van der Waals surface area contributed by atoms with Crippen LogP contribution in [-0.4, -0.2) is 42.8 Å². The van der Waals surface area contributed by atoms with Crippen molar-refractivity contribution in [3.63, 3.8) is 0 Å². The number of aliphatic imine (C=N–C) groups is 1. The zero-order valence-electron chi connectivity index (χ0n) is 24.1. The lowest BCUT2D eigenvalue weighted by Crippen LogP contribution is -2.53. The van der Waals surface area contributed by atoms with Gasteiger partial charge in [-0.3, -0.25) is 10.2 Å². The molecule has 8 nitrogen and oxygen atoms in total. The Morgan fingerprint density at radius 1 is 0.955 bits per heavy atom. The lowest BCUT2D eigenvalue weighted by Gasteiger charge is -2.31. The van der Waals surface area contributed by atoms with Crippen LogP contribution in [0.5, 0.6) is 11.5 Å². The third kappa shape index (κ3) is 7.50. The quantitative estimate of drug-likeness (QED) is 0.111. The van der Waals surface area contributed by atoms with Gasteiger partial charge in [0.1, 0.15) is 11.5 Å². The van der Waals surface area contributed by atoms with Crippen LogP contribution in [-0.2, 0) is 22.5 Å². The summed E-state index contributed by atoms with van der Waals surface area (Å²) < 4.78 is 19.6. The van der Waals surface area contributed by atoms with Crippen LogP contribution in [0.25, 0.3) is 0 Å². The van der Waals surface area contributed by atoms with Gasteiger partial charge in [-0.25, -0.2) is 10.4 Å². The van der Waals surface area contributed by atoms with Crippen molar-refractivity contribution in [1.82, 2.24) is 10.9 Å². The fourth-order valence-corrected chi connectivity index (χ4v) is 5.54. The molecule has 1 heterocycles. The highest BCUT2D eigenvalue weighted by Gasteiger charge is 2.53. The number of rotatable bonds is 13. The van der Waals surface area contributed by atoms with Crippen LogP contribution in [0.4, 0.5) is 0 Å². The Labute approximate surface area is 273 Å². The van der Waals surface area contributed by atoms with Crippen LogP contribution in [0, 0.1) is 0 Å². The number of nitrogens with zero attached hydrogens (tertiary/aromatic N) is 1. The number of hydrogen-bond donors (Lipinski definition) is 3. The van der Waals surface area contributed by atoms with E-state index in [1.54, 1.807) is 7.11 Å². The van der Waals surface area contributed by atoms with Crippen molar-refractivity contribution in [2.24, 2.45) is 4.99 Å². The Kier molecular flexibility index (Phi) is 10.7. The van der Waals surface area contributed by atoms with E-state index in [2.05, 4.69) is 42.7 Å². The molecule has 0 aromatic heterocycles. The highest BCUT2D eigenvalue weighted by atomic mass is 79.9. The van der Waals surface area contributed by atoms with E-state index in [0.717, 1.165) is 31.4 Å². The number of halogens is 2. The van der Waals surface area contributed by atoms with Gasteiger partial charge in [-0.2, -0.15) is 0 Å². The molecular formula is C34H33Br2N3O5. The van der Waals surface area contributed by atoms with Crippen LogP contribution in [0.1, 0.15) is 34.8 Å². The third-order valence-electron chi connectivity index (χ3n) is 7.26. The molecule has 0 aliphatic carbocycles. The second kappa shape index (κ2) is 14.9. The lowest BCUT2D eigenvalue weighted by molar-refractivity contribution is -0.130. The van der Waals surface area contributed by atoms with Crippen molar-refractivity contribution in [1.29, 1.82) is 0 Å². The molecule has 44 heavy (non-hydrogen) atoms. The number of ether oxygens (including phenoxy) is 3. The number of hydrogen-bond acceptors (Lipinski definition) is 7. The average molecular weight is 723 g/mol. The second-order valence-electron chi connectivity index (χ2n) is 10.3. The van der Waals surface area contributed by atoms with Crippen molar-refractivity contribution in [2.75, 3.05) is 20.3 Å². The summed E-state index contributed by atoms with van der Waals surface area (Å²) in [6, 6.07) is 30.6. The van der Waals surface area contributed by atoms with E-state index in [9.17, 15) is 4.79 Å². The van der Waals surface area contributed by atoms with E-state index in [-0.39, 0.29) is 18.9 Å². The molecule has 0 unspecified atom stereocenters. The van der Waals surface area contributed by atoms with E-state index in [4.69, 9.17) is 24.3 Å². The number of hydrazine groups is 1. The van der Waals surface area contributed by atoms with E-state index < -0.39 is 11.6 Å². The van der Waals surface area contributed by atoms with Crippen LogP contribution >= 0.6 is 31.9 Å². The summed E-state index contributed by atoms with van der Waals surface area (Å²) >= 11 is 7.03. The van der Waals surface area contributed by atoms with Gasteiger partial charge in [0, 0.05) is 46.1 Å². The second-order valence-corrected chi connectivity index (χ2v) is 12.1. The topological polar surface area (TPSA) is 101 Å². The molecule has 4 aromatic rings. The largest absolute Gasteiger partial charge is 0.496 e. The highest BCUT2D eigenvalue weighted by Crippen LogP contribution is 2.43. The molecule has 0 fully saturated rings. The maximum absolute atomic E-state index is 14.4. The van der Waals surface area contributed by atoms with E-state index in [1.807, 2.05) is 97.1 Å². The fourth-order valence-electron chi connectivity index (χ4n) is 5.01. The molecule has 1 amide bonds. The first-order chi connectivity index (χ1) is 21.4. The SMILES string of the molecule is COc1ccccc1CNNC(=O)[C@@]1(Cc2ccc(Br)cc2)N=C(c2ccc(OCCCO)cc2)O[C@H]1c1ccc(Br)cc1. The monoisotopic (exact) mass is 721 g/mol. The number of amides is 1. The minimum atomic E-state index is -1.35. The number of nitrogens with one attached hydrogen (secondary N) is 2. The minimum Gasteiger partial charge on any atom is -0.496 e. The van der Waals surface area contributed by atoms with E-state index >= 15 is 0 Å². The predicted molar refractivity (Wildman–Crippen MR) is 177 cm³/mol. The summed E-state index contributed by atoms with van der Waals surface area (Å²) in [5.74, 6) is 1.42. The molecule has 0 spiro atoms. The van der Waals surface area contributed by atoms with Crippen molar-refractivity contribution >= 4 is 43.7 Å². The van der Waals surface area contributed by atoms with Gasteiger partial charge < -0.3 is 19.3 Å². The zero-order chi connectivity index (χ0) is 30.9. The summed E-state index contributed by atoms with van der Waals surface area (Å²) in [4.78, 5) is 19.4. The van der Waals surface area contributed by atoms with Gasteiger partial charge in [0.25, 0.3) is 5.91 Å². The van der Waals surface area contributed by atoms with Gasteiger partial charge in [-0.15, -0.1) is 0 Å². The molecule has 0 bridgehead atoms. The highest BCUT2D eigenvalue weighted by molar-refractivity contribution is 9.10. The third-order valence-corrected chi connectivity index (χ3v) is 8.32. The molecule has 0 saturated heterocycles. The van der Waals surface area contributed by atoms with Gasteiger partial charge in [0.05, 0.1) is 13.7 Å². The first kappa shape index (κ1) is 31.7. The smallest absolute Gasteiger partial charge is 0.266 e. The lowest BCUT2D eigenvalue weighted by atomic mass is 9.82. The predicted octanol–water partition coefficient (Wildman–Crippen LogP) is 6.30. The molecule has 228 valence electrons. The number of carbonyl (C=O) groups is 1. The molecule has 5 rings (SSSR count). The Hall–Kier alpha value is -3.70. The molecule has 3 N–H and O–H groups in total. The Bertz CT molecular complexity index is 1580. The number of methoxy groups -OCH3 is 1. The summed E-state index contributed by atoms with van der Waals surface area (Å²) in [7, 11) is 1.62. The Morgan fingerprint density at radius 2 is 1.64 bits per heavy atom.